The van der Waals surface area contributed by atoms with Gasteiger partial charge in [0.05, 0.1) is 6.42 Å². The number of aromatic nitrogens is 1. The number of nitrogens with zero attached hydrogens (tertiary/aromatic N) is 3. The first-order chi connectivity index (χ1) is 11.6. The molecule has 3 rings (SSSR count). The fourth-order valence-electron chi connectivity index (χ4n) is 2.75. The number of carboxylic acids is 1. The molecule has 8 heteroatoms. The third-order valence-electron chi connectivity index (χ3n) is 3.94. The standard InChI is InChI=1S/C16H15N5O3/c17-9-19-16-20-13(15(23)24)7-14(22)21(16)6-5-10-8-18-12-4-2-1-3-11(10)12/h1-4,8,13,18H,5-7H2,(H,19,20)(H,23,24). The van der Waals surface area contributed by atoms with Crippen molar-refractivity contribution in [3.8, 4) is 6.19 Å². The number of rotatable bonds is 4. The molecule has 0 saturated heterocycles. The van der Waals surface area contributed by atoms with Gasteiger partial charge in [0.25, 0.3) is 0 Å². The quantitative estimate of drug-likeness (QED) is 0.567. The first kappa shape index (κ1) is 15.6. The van der Waals surface area contributed by atoms with Gasteiger partial charge in [0.1, 0.15) is 0 Å². The molecule has 122 valence electrons. The topological polar surface area (TPSA) is 122 Å². The molecule has 1 aromatic carbocycles. The number of aromatic amines is 1. The Labute approximate surface area is 137 Å². The van der Waals surface area contributed by atoms with Crippen molar-refractivity contribution in [2.75, 3.05) is 6.54 Å². The summed E-state index contributed by atoms with van der Waals surface area (Å²) in [7, 11) is 0. The van der Waals surface area contributed by atoms with Crippen LogP contribution >= 0.6 is 0 Å². The molecule has 3 N–H and O–H groups in total. The molecule has 24 heavy (non-hydrogen) atoms. The van der Waals surface area contributed by atoms with Gasteiger partial charge in [-0.05, 0) is 18.1 Å². The Morgan fingerprint density at radius 3 is 3.04 bits per heavy atom. The number of hydrogen-bond donors (Lipinski definition) is 3. The fraction of sp³-hybridized carbons (Fsp3) is 0.250. The van der Waals surface area contributed by atoms with Gasteiger partial charge in [0.2, 0.25) is 11.9 Å². The Kier molecular flexibility index (Phi) is 4.16. The predicted molar refractivity (Wildman–Crippen MR) is 85.9 cm³/mol. The maximum absolute atomic E-state index is 12.2. The molecule has 1 aromatic heterocycles. The van der Waals surface area contributed by atoms with E-state index in [9.17, 15) is 9.59 Å². The highest BCUT2D eigenvalue weighted by atomic mass is 16.4. The molecule has 0 saturated carbocycles. The second-order valence-electron chi connectivity index (χ2n) is 5.40. The number of fused-ring (bicyclic) bond motifs is 1. The second kappa shape index (κ2) is 6.42. The van der Waals surface area contributed by atoms with Gasteiger partial charge in [-0.3, -0.25) is 15.0 Å². The highest BCUT2D eigenvalue weighted by Gasteiger charge is 2.32. The van der Waals surface area contributed by atoms with Crippen molar-refractivity contribution in [2.24, 2.45) is 4.99 Å². The lowest BCUT2D eigenvalue weighted by molar-refractivity contribution is -0.142. The number of aliphatic carboxylic acids is 1. The molecule has 1 amide bonds. The van der Waals surface area contributed by atoms with Crippen LogP contribution in [0.3, 0.4) is 0 Å². The molecule has 2 aromatic rings. The van der Waals surface area contributed by atoms with Crippen molar-refractivity contribution in [1.29, 1.82) is 5.26 Å². The minimum atomic E-state index is -1.18. The second-order valence-corrected chi connectivity index (χ2v) is 5.40. The van der Waals surface area contributed by atoms with Gasteiger partial charge in [-0.2, -0.15) is 5.26 Å². The summed E-state index contributed by atoms with van der Waals surface area (Å²) in [6.07, 6.45) is 3.93. The highest BCUT2D eigenvalue weighted by molar-refractivity contribution is 6.02. The number of aliphatic imine (C=N–C) groups is 1. The molecule has 2 heterocycles. The van der Waals surface area contributed by atoms with Gasteiger partial charge in [-0.15, -0.1) is 0 Å². The largest absolute Gasteiger partial charge is 0.480 e. The van der Waals surface area contributed by atoms with Crippen LogP contribution in [0.25, 0.3) is 10.9 Å². The first-order valence-electron chi connectivity index (χ1n) is 7.41. The van der Waals surface area contributed by atoms with Crippen molar-refractivity contribution in [2.45, 2.75) is 18.9 Å². The molecule has 1 atom stereocenters. The maximum Gasteiger partial charge on any atom is 0.329 e. The summed E-state index contributed by atoms with van der Waals surface area (Å²) in [5, 5.41) is 21.2. The number of nitriles is 1. The number of carbonyl (C=O) groups is 2. The molecular weight excluding hydrogens is 310 g/mol. The number of nitrogens with one attached hydrogen (secondary N) is 2. The van der Waals surface area contributed by atoms with E-state index in [1.54, 1.807) is 6.19 Å². The van der Waals surface area contributed by atoms with E-state index in [0.717, 1.165) is 16.5 Å². The third-order valence-corrected chi connectivity index (χ3v) is 3.94. The lowest BCUT2D eigenvalue weighted by atomic mass is 10.1. The number of carboxylic acid groups (broad SMARTS) is 1. The van der Waals surface area contributed by atoms with Crippen LogP contribution in [0.1, 0.15) is 12.0 Å². The summed E-state index contributed by atoms with van der Waals surface area (Å²) in [6.45, 7) is 0.306. The average molecular weight is 325 g/mol. The van der Waals surface area contributed by atoms with E-state index in [2.05, 4.69) is 15.3 Å². The Morgan fingerprint density at radius 2 is 2.29 bits per heavy atom. The van der Waals surface area contributed by atoms with E-state index < -0.39 is 12.0 Å². The molecule has 0 fully saturated rings. The van der Waals surface area contributed by atoms with Gasteiger partial charge in [-0.1, -0.05) is 18.2 Å². The molecular formula is C16H15N5O3. The molecule has 0 bridgehead atoms. The van der Waals surface area contributed by atoms with Crippen LogP contribution in [0, 0.1) is 11.5 Å². The molecule has 1 aliphatic heterocycles. The average Bonchev–Trinajstić information content (AvgIpc) is 2.97. The Bertz CT molecular complexity index is 864. The monoisotopic (exact) mass is 325 g/mol. The number of guanidine groups is 1. The zero-order valence-corrected chi connectivity index (χ0v) is 12.7. The Balaban J connectivity index is 1.80. The number of para-hydroxylation sites is 1. The summed E-state index contributed by atoms with van der Waals surface area (Å²) >= 11 is 0. The van der Waals surface area contributed by atoms with Crippen LogP contribution in [0.4, 0.5) is 0 Å². The number of H-pyrrole nitrogens is 1. The SMILES string of the molecule is N#CNC1=NC(C(=O)O)CC(=O)N1CCc1c[nH]c2ccccc12. The van der Waals surface area contributed by atoms with Crippen LogP contribution in [0.15, 0.2) is 35.5 Å². The van der Waals surface area contributed by atoms with Crippen molar-refractivity contribution in [3.63, 3.8) is 0 Å². The Morgan fingerprint density at radius 1 is 1.50 bits per heavy atom. The van der Waals surface area contributed by atoms with Crippen LogP contribution < -0.4 is 5.32 Å². The number of benzene rings is 1. The van der Waals surface area contributed by atoms with E-state index in [0.29, 0.717) is 13.0 Å². The first-order valence-corrected chi connectivity index (χ1v) is 7.41. The zero-order valence-electron chi connectivity index (χ0n) is 12.7. The van der Waals surface area contributed by atoms with Crippen LogP contribution in [0.2, 0.25) is 0 Å². The van der Waals surface area contributed by atoms with E-state index in [-0.39, 0.29) is 18.3 Å². The zero-order chi connectivity index (χ0) is 17.1. The van der Waals surface area contributed by atoms with Gasteiger partial charge in [0, 0.05) is 23.6 Å². The Hall–Kier alpha value is -3.34. The minimum absolute atomic E-state index is 0.0130. The summed E-state index contributed by atoms with van der Waals surface area (Å²) in [5.41, 5.74) is 2.04. The van der Waals surface area contributed by atoms with E-state index in [4.69, 9.17) is 10.4 Å². The molecule has 8 nitrogen and oxygen atoms in total. The summed E-state index contributed by atoms with van der Waals surface area (Å²) in [4.78, 5) is 31.7. The number of amides is 1. The van der Waals surface area contributed by atoms with Crippen molar-refractivity contribution in [3.05, 3.63) is 36.0 Å². The predicted octanol–water partition coefficient (Wildman–Crippen LogP) is 0.823. The summed E-state index contributed by atoms with van der Waals surface area (Å²) < 4.78 is 0. The van der Waals surface area contributed by atoms with Crippen LogP contribution in [0.5, 0.6) is 0 Å². The van der Waals surface area contributed by atoms with Gasteiger partial charge < -0.3 is 10.1 Å². The smallest absolute Gasteiger partial charge is 0.329 e. The molecule has 1 unspecified atom stereocenters. The van der Waals surface area contributed by atoms with Crippen molar-refractivity contribution < 1.29 is 14.7 Å². The lowest BCUT2D eigenvalue weighted by Crippen LogP contribution is -2.50. The van der Waals surface area contributed by atoms with Crippen molar-refractivity contribution >= 4 is 28.7 Å². The van der Waals surface area contributed by atoms with Crippen LogP contribution in [-0.4, -0.2) is 45.4 Å². The normalized spacial score (nSPS) is 17.5. The minimum Gasteiger partial charge on any atom is -0.480 e. The number of carbonyl (C=O) groups excluding carboxylic acids is 1. The summed E-state index contributed by atoms with van der Waals surface area (Å²) in [5.74, 6) is -1.56. The van der Waals surface area contributed by atoms with Gasteiger partial charge >= 0.3 is 5.97 Å². The van der Waals surface area contributed by atoms with Crippen molar-refractivity contribution in [1.82, 2.24) is 15.2 Å². The van der Waals surface area contributed by atoms with E-state index >= 15 is 0 Å². The maximum atomic E-state index is 12.2. The lowest BCUT2D eigenvalue weighted by Gasteiger charge is -2.28. The van der Waals surface area contributed by atoms with Gasteiger partial charge in [-0.25, -0.2) is 9.79 Å². The summed E-state index contributed by atoms with van der Waals surface area (Å²) in [6, 6.07) is 6.67. The number of hydrogen-bond acceptors (Lipinski definition) is 5. The third kappa shape index (κ3) is 2.92. The molecule has 1 aliphatic rings. The van der Waals surface area contributed by atoms with E-state index in [1.165, 1.54) is 4.90 Å². The van der Waals surface area contributed by atoms with Gasteiger partial charge in [0.15, 0.2) is 12.2 Å². The molecule has 0 spiro atoms. The molecule has 0 aliphatic carbocycles. The van der Waals surface area contributed by atoms with E-state index in [1.807, 2.05) is 30.5 Å². The molecule has 0 radical (unpaired) electrons. The van der Waals surface area contributed by atoms with Crippen LogP contribution in [-0.2, 0) is 16.0 Å². The highest BCUT2D eigenvalue weighted by Crippen LogP contribution is 2.19. The fourth-order valence-corrected chi connectivity index (χ4v) is 2.75.